The Hall–Kier alpha value is -1.58. The van der Waals surface area contributed by atoms with Gasteiger partial charge in [0.1, 0.15) is 11.6 Å². The first-order valence-corrected chi connectivity index (χ1v) is 13.2. The number of allylic oxidation sites excluding steroid dienone is 2. The molecule has 0 unspecified atom stereocenters. The average Bonchev–Trinajstić information content (AvgIpc) is 2.76. The molecule has 0 heterocycles. The first-order valence-electron chi connectivity index (χ1n) is 13.2. The third-order valence-electron chi connectivity index (χ3n) is 5.91. The van der Waals surface area contributed by atoms with Gasteiger partial charge in [0.05, 0.1) is 0 Å². The normalized spacial score (nSPS) is 11.2. The molecule has 0 aromatic heterocycles. The zero-order valence-electron chi connectivity index (χ0n) is 20.9. The Bertz CT molecular complexity index is 548. The lowest BCUT2D eigenvalue weighted by Crippen LogP contribution is -2.08. The second kappa shape index (κ2) is 22.6. The van der Waals surface area contributed by atoms with E-state index in [1.165, 1.54) is 58.3 Å². The summed E-state index contributed by atoms with van der Waals surface area (Å²) in [7, 11) is 0. The number of Topliss-reactive ketones (excluding diaryl/α,β-unsaturated/α-hetero) is 4. The third kappa shape index (κ3) is 21.6. The van der Waals surface area contributed by atoms with Crippen LogP contribution in [0.15, 0.2) is 12.2 Å². The fourth-order valence-electron chi connectivity index (χ4n) is 3.75. The minimum atomic E-state index is -0.367. The van der Waals surface area contributed by atoms with Gasteiger partial charge in [-0.05, 0) is 25.7 Å². The molecule has 0 saturated heterocycles. The van der Waals surface area contributed by atoms with Crippen LogP contribution in [-0.2, 0) is 19.2 Å². The number of ketones is 4. The highest BCUT2D eigenvalue weighted by Gasteiger charge is 2.07. The quantitative estimate of drug-likeness (QED) is 0.0863. The summed E-state index contributed by atoms with van der Waals surface area (Å²) in [5.41, 5.74) is 0. The Morgan fingerprint density at radius 2 is 1.00 bits per heavy atom. The number of carbonyl (C=O) groups is 4. The summed E-state index contributed by atoms with van der Waals surface area (Å²) in [5, 5.41) is 0. The summed E-state index contributed by atoms with van der Waals surface area (Å²) < 4.78 is 0. The monoisotopic (exact) mass is 448 g/mol. The van der Waals surface area contributed by atoms with Gasteiger partial charge >= 0.3 is 0 Å². The Balaban J connectivity index is 3.46. The van der Waals surface area contributed by atoms with E-state index in [4.69, 9.17) is 0 Å². The van der Waals surface area contributed by atoms with Crippen molar-refractivity contribution in [3.8, 4) is 0 Å². The van der Waals surface area contributed by atoms with Crippen LogP contribution in [0.2, 0.25) is 0 Å². The minimum absolute atomic E-state index is 0.256. The summed E-state index contributed by atoms with van der Waals surface area (Å²) in [6.45, 7) is 3.56. The van der Waals surface area contributed by atoms with Crippen molar-refractivity contribution in [3.05, 3.63) is 12.2 Å². The summed E-state index contributed by atoms with van der Waals surface area (Å²) in [4.78, 5) is 45.9. The maximum Gasteiger partial charge on any atom is 0.198 e. The van der Waals surface area contributed by atoms with E-state index >= 15 is 0 Å². The molecule has 4 heteroatoms. The van der Waals surface area contributed by atoms with Gasteiger partial charge in [-0.25, -0.2) is 0 Å². The van der Waals surface area contributed by atoms with Crippen LogP contribution in [0.25, 0.3) is 0 Å². The fourth-order valence-corrected chi connectivity index (χ4v) is 3.75. The van der Waals surface area contributed by atoms with E-state index in [1.807, 2.05) is 12.2 Å². The molecule has 0 aromatic rings. The number of hydrogen-bond donors (Lipinski definition) is 0. The topological polar surface area (TPSA) is 68.3 Å². The molecule has 0 saturated carbocycles. The highest BCUT2D eigenvalue weighted by molar-refractivity contribution is 6.36. The molecule has 0 amide bonds. The van der Waals surface area contributed by atoms with Crippen molar-refractivity contribution in [1.82, 2.24) is 0 Å². The maximum absolute atomic E-state index is 11.9. The first-order chi connectivity index (χ1) is 15.5. The predicted molar refractivity (Wildman–Crippen MR) is 133 cm³/mol. The predicted octanol–water partition coefficient (Wildman–Crippen LogP) is 7.66. The van der Waals surface area contributed by atoms with Crippen LogP contribution in [-0.4, -0.2) is 23.1 Å². The van der Waals surface area contributed by atoms with Gasteiger partial charge in [-0.15, -0.1) is 0 Å². The highest BCUT2D eigenvalue weighted by atomic mass is 16.2. The molecule has 4 nitrogen and oxygen atoms in total. The van der Waals surface area contributed by atoms with Crippen LogP contribution in [0, 0.1) is 0 Å². The van der Waals surface area contributed by atoms with Gasteiger partial charge < -0.3 is 0 Å². The lowest BCUT2D eigenvalue weighted by Gasteiger charge is -2.02. The van der Waals surface area contributed by atoms with Crippen molar-refractivity contribution in [3.63, 3.8) is 0 Å². The Kier molecular flexibility index (Phi) is 21.5. The molecule has 0 fully saturated rings. The minimum Gasteiger partial charge on any atom is -0.300 e. The molecule has 184 valence electrons. The van der Waals surface area contributed by atoms with Crippen molar-refractivity contribution < 1.29 is 19.2 Å². The smallest absolute Gasteiger partial charge is 0.198 e. The molecule has 0 radical (unpaired) electrons. The molecule has 0 bridgehead atoms. The molecular formula is C28H48O4. The van der Waals surface area contributed by atoms with E-state index in [0.717, 1.165) is 38.5 Å². The lowest BCUT2D eigenvalue weighted by molar-refractivity contribution is -0.135. The zero-order valence-corrected chi connectivity index (χ0v) is 20.9. The summed E-state index contributed by atoms with van der Waals surface area (Å²) in [6, 6.07) is 0. The van der Waals surface area contributed by atoms with Crippen LogP contribution in [0.5, 0.6) is 0 Å². The molecule has 0 aliphatic carbocycles. The van der Waals surface area contributed by atoms with Crippen LogP contribution in [0.3, 0.4) is 0 Å². The standard InChI is InChI=1S/C28H48O4/c1-3-4-5-6-7-8-9-10-11-15-20-26(30)22-17-14-18-23-27(31)21-16-12-13-19-24-28(32)25(2)29/h14,17H,3-13,15-16,18-24H2,1-2H3. The van der Waals surface area contributed by atoms with Gasteiger partial charge in [0.15, 0.2) is 11.6 Å². The molecule has 0 rings (SSSR count). The largest absolute Gasteiger partial charge is 0.300 e. The van der Waals surface area contributed by atoms with Gasteiger partial charge in [0.25, 0.3) is 0 Å². The molecule has 0 aromatic carbocycles. The molecular weight excluding hydrogens is 400 g/mol. The van der Waals surface area contributed by atoms with Crippen LogP contribution >= 0.6 is 0 Å². The third-order valence-corrected chi connectivity index (χ3v) is 5.91. The second-order valence-electron chi connectivity index (χ2n) is 9.12. The van der Waals surface area contributed by atoms with Crippen molar-refractivity contribution in [1.29, 1.82) is 0 Å². The van der Waals surface area contributed by atoms with E-state index in [1.54, 1.807) is 0 Å². The van der Waals surface area contributed by atoms with Gasteiger partial charge in [0.2, 0.25) is 0 Å². The van der Waals surface area contributed by atoms with Crippen LogP contribution in [0.1, 0.15) is 142 Å². The molecule has 0 N–H and O–H groups in total. The van der Waals surface area contributed by atoms with Gasteiger partial charge in [-0.3, -0.25) is 19.2 Å². The highest BCUT2D eigenvalue weighted by Crippen LogP contribution is 2.12. The van der Waals surface area contributed by atoms with E-state index in [0.29, 0.717) is 44.3 Å². The van der Waals surface area contributed by atoms with E-state index in [-0.39, 0.29) is 17.3 Å². The Morgan fingerprint density at radius 3 is 1.53 bits per heavy atom. The van der Waals surface area contributed by atoms with Crippen molar-refractivity contribution in [2.45, 2.75) is 142 Å². The van der Waals surface area contributed by atoms with Crippen LogP contribution < -0.4 is 0 Å². The maximum atomic E-state index is 11.9. The summed E-state index contributed by atoms with van der Waals surface area (Å²) >= 11 is 0. The Morgan fingerprint density at radius 1 is 0.531 bits per heavy atom. The first kappa shape index (κ1) is 30.4. The number of hydrogen-bond acceptors (Lipinski definition) is 4. The number of carbonyl (C=O) groups excluding carboxylic acids is 4. The zero-order chi connectivity index (χ0) is 23.9. The fraction of sp³-hybridized carbons (Fsp3) is 0.786. The van der Waals surface area contributed by atoms with Crippen molar-refractivity contribution in [2.75, 3.05) is 0 Å². The molecule has 0 aliphatic rings. The van der Waals surface area contributed by atoms with Crippen molar-refractivity contribution >= 4 is 23.1 Å². The van der Waals surface area contributed by atoms with Gasteiger partial charge in [0, 0.05) is 39.0 Å². The average molecular weight is 449 g/mol. The van der Waals surface area contributed by atoms with E-state index < -0.39 is 0 Å². The number of rotatable bonds is 24. The number of unbranched alkanes of at least 4 members (excludes halogenated alkanes) is 12. The van der Waals surface area contributed by atoms with Gasteiger partial charge in [-0.2, -0.15) is 0 Å². The van der Waals surface area contributed by atoms with Crippen LogP contribution in [0.4, 0.5) is 0 Å². The summed E-state index contributed by atoms with van der Waals surface area (Å²) in [5.74, 6) is -0.106. The van der Waals surface area contributed by atoms with Gasteiger partial charge in [-0.1, -0.05) is 89.7 Å². The second-order valence-corrected chi connectivity index (χ2v) is 9.12. The van der Waals surface area contributed by atoms with E-state index in [2.05, 4.69) is 6.92 Å². The van der Waals surface area contributed by atoms with E-state index in [9.17, 15) is 19.2 Å². The summed E-state index contributed by atoms with van der Waals surface area (Å²) in [6.07, 6.45) is 23.4. The molecule has 0 aliphatic heterocycles. The van der Waals surface area contributed by atoms with Crippen molar-refractivity contribution in [2.24, 2.45) is 0 Å². The molecule has 0 spiro atoms. The Labute approximate surface area is 197 Å². The SMILES string of the molecule is CCCCCCCCCCCCC(=O)CC=CCCC(=O)CCCCCCC(=O)C(C)=O. The molecule has 0 atom stereocenters. The molecule has 32 heavy (non-hydrogen) atoms. The lowest BCUT2D eigenvalue weighted by atomic mass is 10.0.